The summed E-state index contributed by atoms with van der Waals surface area (Å²) in [5.41, 5.74) is 1.87. The molecule has 2 aromatic rings. The van der Waals surface area contributed by atoms with E-state index < -0.39 is 0 Å². The summed E-state index contributed by atoms with van der Waals surface area (Å²) in [6, 6.07) is 9.96. The van der Waals surface area contributed by atoms with E-state index in [0.717, 1.165) is 63.2 Å². The van der Waals surface area contributed by atoms with Gasteiger partial charge in [-0.3, -0.25) is 9.89 Å². The Bertz CT molecular complexity index is 776. The molecular weight excluding hydrogens is 481 g/mol. The van der Waals surface area contributed by atoms with E-state index in [4.69, 9.17) is 9.15 Å². The lowest BCUT2D eigenvalue weighted by Crippen LogP contribution is -2.42. The minimum Gasteiger partial charge on any atom is -0.444 e. The Morgan fingerprint density at radius 1 is 1.21 bits per heavy atom. The van der Waals surface area contributed by atoms with Gasteiger partial charge >= 0.3 is 0 Å². The molecule has 0 radical (unpaired) electrons. The van der Waals surface area contributed by atoms with Gasteiger partial charge in [-0.25, -0.2) is 4.98 Å². The molecule has 2 fully saturated rings. The molecule has 1 atom stereocenters. The fourth-order valence-corrected chi connectivity index (χ4v) is 3.93. The van der Waals surface area contributed by atoms with E-state index in [-0.39, 0.29) is 24.0 Å². The van der Waals surface area contributed by atoms with Crippen molar-refractivity contribution in [1.82, 2.24) is 20.1 Å². The molecule has 2 aliphatic rings. The third-order valence-electron chi connectivity index (χ3n) is 5.42. The van der Waals surface area contributed by atoms with E-state index >= 15 is 0 Å². The van der Waals surface area contributed by atoms with Crippen LogP contribution in [0.2, 0.25) is 0 Å². The van der Waals surface area contributed by atoms with Crippen molar-refractivity contribution in [3.05, 3.63) is 42.3 Å². The van der Waals surface area contributed by atoms with Crippen LogP contribution in [0.15, 0.2) is 46.0 Å². The average molecular weight is 511 g/mol. The Kier molecular flexibility index (Phi) is 8.31. The number of halogens is 1. The molecule has 0 saturated carbocycles. The molecule has 3 heterocycles. The topological polar surface area (TPSA) is 66.1 Å². The van der Waals surface area contributed by atoms with Crippen LogP contribution in [0, 0.1) is 5.92 Å². The van der Waals surface area contributed by atoms with Gasteiger partial charge < -0.3 is 19.4 Å². The molecule has 1 aromatic heterocycles. The van der Waals surface area contributed by atoms with Gasteiger partial charge in [-0.2, -0.15) is 0 Å². The summed E-state index contributed by atoms with van der Waals surface area (Å²) in [6.45, 7) is 7.69. The number of rotatable bonds is 5. The van der Waals surface area contributed by atoms with Crippen LogP contribution in [0.3, 0.4) is 0 Å². The fourth-order valence-electron chi connectivity index (χ4n) is 3.93. The molecule has 1 N–H and O–H groups in total. The highest BCUT2D eigenvalue weighted by Crippen LogP contribution is 2.19. The number of hydrogen-bond donors (Lipinski definition) is 1. The van der Waals surface area contributed by atoms with Gasteiger partial charge in [0, 0.05) is 45.3 Å². The minimum atomic E-state index is 0. The molecule has 2 aliphatic heterocycles. The van der Waals surface area contributed by atoms with Crippen molar-refractivity contribution in [1.29, 1.82) is 0 Å². The average Bonchev–Trinajstić information content (AvgIpc) is 3.40. The lowest BCUT2D eigenvalue weighted by atomic mass is 10.1. The quantitative estimate of drug-likeness (QED) is 0.379. The van der Waals surface area contributed by atoms with Crippen molar-refractivity contribution in [3.63, 3.8) is 0 Å². The third kappa shape index (κ3) is 5.93. The molecule has 1 aromatic carbocycles. The maximum absolute atomic E-state index is 5.62. The largest absolute Gasteiger partial charge is 0.444 e. The van der Waals surface area contributed by atoms with E-state index in [1.54, 1.807) is 6.26 Å². The Labute approximate surface area is 189 Å². The minimum absolute atomic E-state index is 0. The van der Waals surface area contributed by atoms with Crippen LogP contribution in [0.25, 0.3) is 11.5 Å². The summed E-state index contributed by atoms with van der Waals surface area (Å²) in [5.74, 6) is 2.28. The van der Waals surface area contributed by atoms with Crippen LogP contribution < -0.4 is 5.32 Å². The number of ether oxygens (including phenoxy) is 1. The molecule has 0 spiro atoms. The smallest absolute Gasteiger partial charge is 0.226 e. The number of benzene rings is 1. The summed E-state index contributed by atoms with van der Waals surface area (Å²) in [4.78, 5) is 13.9. The zero-order valence-electron chi connectivity index (χ0n) is 16.9. The van der Waals surface area contributed by atoms with Crippen LogP contribution in [0.5, 0.6) is 0 Å². The van der Waals surface area contributed by atoms with Crippen molar-refractivity contribution in [2.24, 2.45) is 10.9 Å². The number of aliphatic imine (C=N–C) groups is 1. The van der Waals surface area contributed by atoms with E-state index in [1.807, 2.05) is 37.4 Å². The Morgan fingerprint density at radius 2 is 2.00 bits per heavy atom. The van der Waals surface area contributed by atoms with Crippen LogP contribution >= 0.6 is 24.0 Å². The normalized spacial score (nSPS) is 20.5. The number of nitrogens with one attached hydrogen (secondary N) is 1. The second kappa shape index (κ2) is 10.9. The summed E-state index contributed by atoms with van der Waals surface area (Å²) in [6.07, 6.45) is 2.92. The third-order valence-corrected chi connectivity index (χ3v) is 5.42. The highest BCUT2D eigenvalue weighted by atomic mass is 127. The van der Waals surface area contributed by atoms with E-state index in [2.05, 4.69) is 25.1 Å². The molecule has 4 rings (SSSR count). The number of aromatic nitrogens is 1. The van der Waals surface area contributed by atoms with Crippen molar-refractivity contribution in [2.75, 3.05) is 53.0 Å². The van der Waals surface area contributed by atoms with Gasteiger partial charge in [0.1, 0.15) is 6.26 Å². The maximum atomic E-state index is 5.62. The zero-order chi connectivity index (χ0) is 19.2. The number of likely N-dealkylation sites (tertiary alicyclic amines) is 1. The maximum Gasteiger partial charge on any atom is 0.226 e. The van der Waals surface area contributed by atoms with Crippen LogP contribution in [-0.4, -0.2) is 73.7 Å². The lowest BCUT2D eigenvalue weighted by Gasteiger charge is -2.29. The van der Waals surface area contributed by atoms with Gasteiger partial charge in [0.15, 0.2) is 5.96 Å². The first-order valence-electron chi connectivity index (χ1n) is 10.1. The predicted octanol–water partition coefficient (Wildman–Crippen LogP) is 2.69. The molecule has 1 unspecified atom stereocenters. The monoisotopic (exact) mass is 511 g/mol. The summed E-state index contributed by atoms with van der Waals surface area (Å²) in [7, 11) is 1.84. The van der Waals surface area contributed by atoms with E-state index in [1.165, 1.54) is 6.42 Å². The Morgan fingerprint density at radius 3 is 2.76 bits per heavy atom. The van der Waals surface area contributed by atoms with Gasteiger partial charge in [-0.15, -0.1) is 24.0 Å². The van der Waals surface area contributed by atoms with Gasteiger partial charge in [-0.05, 0) is 24.5 Å². The first kappa shape index (κ1) is 22.0. The number of nitrogens with zero attached hydrogens (tertiary/aromatic N) is 4. The number of morpholine rings is 1. The van der Waals surface area contributed by atoms with E-state index in [9.17, 15) is 0 Å². The molecule has 0 amide bonds. The Hall–Kier alpha value is -1.65. The van der Waals surface area contributed by atoms with Gasteiger partial charge in [0.2, 0.25) is 5.89 Å². The second-order valence-corrected chi connectivity index (χ2v) is 7.42. The molecule has 0 aliphatic carbocycles. The lowest BCUT2D eigenvalue weighted by molar-refractivity contribution is 0.0315. The molecule has 7 nitrogen and oxygen atoms in total. The fraction of sp³-hybridized carbons (Fsp3) is 0.524. The van der Waals surface area contributed by atoms with Crippen LogP contribution in [0.4, 0.5) is 0 Å². The molecular formula is C21H30IN5O2. The summed E-state index contributed by atoms with van der Waals surface area (Å²) in [5, 5.41) is 3.44. The zero-order valence-corrected chi connectivity index (χ0v) is 19.2. The highest BCUT2D eigenvalue weighted by Gasteiger charge is 2.27. The SMILES string of the molecule is CN=C(NCc1coc(-c2ccccc2)n1)N1CCC(CN2CCOCC2)C1.I. The first-order chi connectivity index (χ1) is 13.8. The first-order valence-corrected chi connectivity index (χ1v) is 10.1. The summed E-state index contributed by atoms with van der Waals surface area (Å²) < 4.78 is 11.1. The number of hydrogen-bond acceptors (Lipinski definition) is 5. The van der Waals surface area contributed by atoms with Crippen molar-refractivity contribution >= 4 is 29.9 Å². The summed E-state index contributed by atoms with van der Waals surface area (Å²) >= 11 is 0. The van der Waals surface area contributed by atoms with Gasteiger partial charge in [-0.1, -0.05) is 18.2 Å². The predicted molar refractivity (Wildman–Crippen MR) is 124 cm³/mol. The van der Waals surface area contributed by atoms with Crippen LogP contribution in [0.1, 0.15) is 12.1 Å². The van der Waals surface area contributed by atoms with Crippen molar-refractivity contribution in [2.45, 2.75) is 13.0 Å². The van der Waals surface area contributed by atoms with Gasteiger partial charge in [0.25, 0.3) is 0 Å². The molecule has 29 heavy (non-hydrogen) atoms. The number of oxazole rings is 1. The molecule has 0 bridgehead atoms. The van der Waals surface area contributed by atoms with Gasteiger partial charge in [0.05, 0.1) is 25.5 Å². The molecule has 2 saturated heterocycles. The number of guanidine groups is 1. The molecule has 158 valence electrons. The van der Waals surface area contributed by atoms with Crippen molar-refractivity contribution < 1.29 is 9.15 Å². The van der Waals surface area contributed by atoms with Crippen LogP contribution in [-0.2, 0) is 11.3 Å². The van der Waals surface area contributed by atoms with E-state index in [0.29, 0.717) is 18.4 Å². The molecule has 8 heteroatoms. The standard InChI is InChI=1S/C21H29N5O2.HI/c1-22-21(26-8-7-17(15-26)14-25-9-11-27-12-10-25)23-13-19-16-28-20(24-19)18-5-3-2-4-6-18;/h2-6,16-17H,7-15H2,1H3,(H,22,23);1H. The Balaban J connectivity index is 0.00000240. The van der Waals surface area contributed by atoms with Crippen molar-refractivity contribution in [3.8, 4) is 11.5 Å². The second-order valence-electron chi connectivity index (χ2n) is 7.42. The highest BCUT2D eigenvalue weighted by molar-refractivity contribution is 14.0.